The Morgan fingerprint density at radius 3 is 3.00 bits per heavy atom. The summed E-state index contributed by atoms with van der Waals surface area (Å²) in [4.78, 5) is 2.41. The molecule has 2 nitrogen and oxygen atoms in total. The number of likely N-dealkylation sites (tertiary alicyclic amines) is 1. The lowest BCUT2D eigenvalue weighted by atomic mass is 10.3. The highest BCUT2D eigenvalue weighted by atomic mass is 15.3. The number of hydrogen-bond donors (Lipinski definition) is 1. The van der Waals surface area contributed by atoms with E-state index in [1.54, 1.807) is 0 Å². The lowest BCUT2D eigenvalue weighted by molar-refractivity contribution is 0.246. The van der Waals surface area contributed by atoms with Crippen molar-refractivity contribution in [1.82, 2.24) is 10.2 Å². The molecule has 0 bridgehead atoms. The predicted molar refractivity (Wildman–Crippen MR) is 38.8 cm³/mol. The molecule has 0 amide bonds. The van der Waals surface area contributed by atoms with Gasteiger partial charge in [-0.1, -0.05) is 6.92 Å². The monoisotopic (exact) mass is 127 g/mol. The van der Waals surface area contributed by atoms with E-state index < -0.39 is 0 Å². The molecule has 9 heavy (non-hydrogen) atoms. The van der Waals surface area contributed by atoms with Crippen molar-refractivity contribution >= 4 is 0 Å². The minimum atomic E-state index is 0.551. The van der Waals surface area contributed by atoms with Crippen LogP contribution in [-0.2, 0) is 0 Å². The van der Waals surface area contributed by atoms with Gasteiger partial charge in [-0.05, 0) is 25.9 Å². The highest BCUT2D eigenvalue weighted by molar-refractivity contribution is 4.75. The van der Waals surface area contributed by atoms with Crippen LogP contribution in [0.1, 0.15) is 19.8 Å². The number of hydrogen-bond acceptors (Lipinski definition) is 2. The Balaban J connectivity index is 2.32. The molecule has 1 aliphatic rings. The van der Waals surface area contributed by atoms with Gasteiger partial charge in [-0.25, -0.2) is 0 Å². The number of rotatable bonds is 2. The summed E-state index contributed by atoms with van der Waals surface area (Å²) in [5.41, 5.74) is 0. The molecule has 1 N–H and O–H groups in total. The maximum atomic E-state index is 3.67. The maximum absolute atomic E-state index is 3.67. The second-order valence-corrected chi connectivity index (χ2v) is 2.49. The van der Waals surface area contributed by atoms with Crippen molar-refractivity contribution in [2.24, 2.45) is 0 Å². The van der Waals surface area contributed by atoms with E-state index in [0.717, 1.165) is 6.54 Å². The largest absolute Gasteiger partial charge is 0.300 e. The van der Waals surface area contributed by atoms with Gasteiger partial charge in [-0.3, -0.25) is 4.90 Å². The summed E-state index contributed by atoms with van der Waals surface area (Å²) < 4.78 is 0. The van der Waals surface area contributed by atoms with E-state index in [9.17, 15) is 0 Å². The average molecular weight is 127 g/mol. The molecule has 1 heterocycles. The molecule has 0 spiro atoms. The summed E-state index contributed by atoms with van der Waals surface area (Å²) in [6.07, 6.45) is 3.13. The average Bonchev–Trinajstić information content (AvgIpc) is 2.33. The van der Waals surface area contributed by atoms with Crippen LogP contribution < -0.4 is 5.32 Å². The molecule has 1 atom stereocenters. The quantitative estimate of drug-likeness (QED) is 0.590. The van der Waals surface area contributed by atoms with Crippen LogP contribution in [0.4, 0.5) is 0 Å². The van der Waals surface area contributed by atoms with Crippen LogP contribution in [0.5, 0.6) is 0 Å². The van der Waals surface area contributed by atoms with Crippen molar-refractivity contribution in [2.45, 2.75) is 25.9 Å². The minimum Gasteiger partial charge on any atom is -0.300 e. The maximum Gasteiger partial charge on any atom is 0.0597 e. The Bertz CT molecular complexity index is 73.0. The van der Waals surface area contributed by atoms with Crippen LogP contribution in [0, 0.1) is 7.05 Å². The SMILES string of the molecule is [CH2]N[C@@H]1CCCN1CC. The van der Waals surface area contributed by atoms with E-state index in [4.69, 9.17) is 0 Å². The molecule has 1 fully saturated rings. The summed E-state index contributed by atoms with van der Waals surface area (Å²) in [5, 5.41) is 3.04. The summed E-state index contributed by atoms with van der Waals surface area (Å²) in [6.45, 7) is 4.58. The fourth-order valence-electron chi connectivity index (χ4n) is 1.44. The minimum absolute atomic E-state index is 0.551. The zero-order chi connectivity index (χ0) is 6.69. The van der Waals surface area contributed by atoms with Gasteiger partial charge in [-0.2, -0.15) is 0 Å². The molecule has 1 rings (SSSR count). The first-order valence-corrected chi connectivity index (χ1v) is 3.65. The van der Waals surface area contributed by atoms with E-state index in [1.165, 1.54) is 19.4 Å². The van der Waals surface area contributed by atoms with Gasteiger partial charge < -0.3 is 5.32 Å². The summed E-state index contributed by atoms with van der Waals surface area (Å²) >= 11 is 0. The third-order valence-electron chi connectivity index (χ3n) is 2.01. The van der Waals surface area contributed by atoms with Crippen molar-refractivity contribution in [3.63, 3.8) is 0 Å². The lowest BCUT2D eigenvalue weighted by Crippen LogP contribution is -2.37. The van der Waals surface area contributed by atoms with E-state index in [1.807, 2.05) is 0 Å². The van der Waals surface area contributed by atoms with Crippen LogP contribution in [0.15, 0.2) is 0 Å². The van der Waals surface area contributed by atoms with Crippen LogP contribution >= 0.6 is 0 Å². The Labute approximate surface area is 57.2 Å². The first-order chi connectivity index (χ1) is 4.38. The zero-order valence-electron chi connectivity index (χ0n) is 6.06. The van der Waals surface area contributed by atoms with Gasteiger partial charge in [0, 0.05) is 7.05 Å². The fraction of sp³-hybridized carbons (Fsp3) is 0.857. The molecular formula is C7H15N2. The summed E-state index contributed by atoms with van der Waals surface area (Å²) in [6, 6.07) is 0. The van der Waals surface area contributed by atoms with E-state index in [0.29, 0.717) is 6.17 Å². The molecule has 0 saturated carbocycles. The van der Waals surface area contributed by atoms with Crippen LogP contribution in [0.25, 0.3) is 0 Å². The Hall–Kier alpha value is -0.0800. The van der Waals surface area contributed by atoms with Crippen molar-refractivity contribution < 1.29 is 0 Å². The molecule has 53 valence electrons. The molecule has 0 aliphatic carbocycles. The zero-order valence-corrected chi connectivity index (χ0v) is 6.06. The Morgan fingerprint density at radius 1 is 1.78 bits per heavy atom. The first-order valence-electron chi connectivity index (χ1n) is 3.65. The molecular weight excluding hydrogens is 112 g/mol. The number of nitrogens with one attached hydrogen (secondary N) is 1. The van der Waals surface area contributed by atoms with Crippen molar-refractivity contribution in [3.05, 3.63) is 7.05 Å². The normalized spacial score (nSPS) is 29.3. The van der Waals surface area contributed by atoms with Crippen molar-refractivity contribution in [1.29, 1.82) is 0 Å². The third-order valence-corrected chi connectivity index (χ3v) is 2.01. The highest BCUT2D eigenvalue weighted by Gasteiger charge is 2.20. The number of nitrogens with zero attached hydrogens (tertiary/aromatic N) is 1. The van der Waals surface area contributed by atoms with E-state index in [2.05, 4.69) is 24.2 Å². The molecule has 1 radical (unpaired) electrons. The molecule has 1 saturated heterocycles. The van der Waals surface area contributed by atoms with Crippen LogP contribution in [-0.4, -0.2) is 24.2 Å². The van der Waals surface area contributed by atoms with Crippen molar-refractivity contribution in [3.8, 4) is 0 Å². The topological polar surface area (TPSA) is 15.3 Å². The molecule has 0 unspecified atom stereocenters. The first kappa shape index (κ1) is 7.03. The van der Waals surface area contributed by atoms with Gasteiger partial charge in [0.1, 0.15) is 0 Å². The second-order valence-electron chi connectivity index (χ2n) is 2.49. The molecule has 1 aliphatic heterocycles. The third kappa shape index (κ3) is 1.43. The highest BCUT2D eigenvalue weighted by Crippen LogP contribution is 2.12. The fourth-order valence-corrected chi connectivity index (χ4v) is 1.44. The lowest BCUT2D eigenvalue weighted by Gasteiger charge is -2.21. The smallest absolute Gasteiger partial charge is 0.0597 e. The van der Waals surface area contributed by atoms with E-state index >= 15 is 0 Å². The van der Waals surface area contributed by atoms with Crippen molar-refractivity contribution in [2.75, 3.05) is 13.1 Å². The summed E-state index contributed by atoms with van der Waals surface area (Å²) in [7, 11) is 3.67. The molecule has 0 aromatic rings. The molecule has 0 aromatic heterocycles. The Kier molecular flexibility index (Phi) is 2.49. The van der Waals surface area contributed by atoms with Crippen LogP contribution in [0.3, 0.4) is 0 Å². The standard InChI is InChI=1S/C7H15N2/c1-3-9-6-4-5-7(9)8-2/h7-8H,2-6H2,1H3/t7-/m0/s1. The van der Waals surface area contributed by atoms with Gasteiger partial charge in [0.2, 0.25) is 0 Å². The van der Waals surface area contributed by atoms with Gasteiger partial charge in [0.25, 0.3) is 0 Å². The second kappa shape index (κ2) is 3.18. The van der Waals surface area contributed by atoms with Gasteiger partial charge in [0.05, 0.1) is 6.17 Å². The molecule has 2 heteroatoms. The Morgan fingerprint density at radius 2 is 2.56 bits per heavy atom. The predicted octanol–water partition coefficient (Wildman–Crippen LogP) is 0.809. The van der Waals surface area contributed by atoms with E-state index in [-0.39, 0.29) is 0 Å². The molecule has 0 aromatic carbocycles. The summed E-state index contributed by atoms with van der Waals surface area (Å²) in [5.74, 6) is 0. The van der Waals surface area contributed by atoms with Crippen LogP contribution in [0.2, 0.25) is 0 Å². The van der Waals surface area contributed by atoms with Gasteiger partial charge >= 0.3 is 0 Å². The van der Waals surface area contributed by atoms with Gasteiger partial charge in [0.15, 0.2) is 0 Å². The van der Waals surface area contributed by atoms with Gasteiger partial charge in [-0.15, -0.1) is 0 Å².